The number of fused-ring (bicyclic) bond motifs is 3. The highest BCUT2D eigenvalue weighted by atomic mass is 79.9. The van der Waals surface area contributed by atoms with Crippen molar-refractivity contribution in [3.8, 4) is 12.3 Å². The molecular formula is C19H16BrN3O. The number of hydrogen-bond acceptors (Lipinski definition) is 2. The van der Waals surface area contributed by atoms with Crippen LogP contribution in [0.1, 0.15) is 29.0 Å². The van der Waals surface area contributed by atoms with Crippen LogP contribution in [0.2, 0.25) is 0 Å². The first-order valence-electron chi connectivity index (χ1n) is 7.90. The summed E-state index contributed by atoms with van der Waals surface area (Å²) in [5.41, 5.74) is 9.17. The number of primary amides is 1. The molecule has 5 heteroatoms. The van der Waals surface area contributed by atoms with E-state index in [1.165, 1.54) is 11.1 Å². The van der Waals surface area contributed by atoms with Gasteiger partial charge in [0.1, 0.15) is 5.82 Å². The molecule has 3 unspecified atom stereocenters. The standard InChI is InChI=1S/C19H16BrN3O/c1-2-11-3-6-14-12(9-11)4-7-15-17(14)18(15)23(19(21)24)16-8-5-13(20)10-22-16/h1,3,5-6,8-10,15,17-18H,4,7H2,(H2,21,24). The van der Waals surface area contributed by atoms with E-state index in [1.807, 2.05) is 18.2 Å². The Morgan fingerprint density at radius 1 is 1.38 bits per heavy atom. The third-order valence-corrected chi connectivity index (χ3v) is 5.51. The van der Waals surface area contributed by atoms with Gasteiger partial charge >= 0.3 is 6.03 Å². The number of rotatable bonds is 2. The van der Waals surface area contributed by atoms with E-state index < -0.39 is 6.03 Å². The molecule has 2 aliphatic carbocycles. The van der Waals surface area contributed by atoms with Crippen molar-refractivity contribution in [2.24, 2.45) is 11.7 Å². The van der Waals surface area contributed by atoms with Crippen LogP contribution >= 0.6 is 15.9 Å². The summed E-state index contributed by atoms with van der Waals surface area (Å²) in [5, 5.41) is 0. The summed E-state index contributed by atoms with van der Waals surface area (Å²) in [6.45, 7) is 0. The molecule has 2 N–H and O–H groups in total. The lowest BCUT2D eigenvalue weighted by molar-refractivity contribution is 0.253. The van der Waals surface area contributed by atoms with E-state index in [0.29, 0.717) is 17.7 Å². The number of pyridine rings is 1. The molecule has 24 heavy (non-hydrogen) atoms. The van der Waals surface area contributed by atoms with Crippen molar-refractivity contribution in [1.82, 2.24) is 4.98 Å². The Morgan fingerprint density at radius 3 is 2.88 bits per heavy atom. The van der Waals surface area contributed by atoms with Crippen LogP contribution in [0.3, 0.4) is 0 Å². The number of nitrogens with zero attached hydrogens (tertiary/aromatic N) is 2. The van der Waals surface area contributed by atoms with Crippen molar-refractivity contribution in [3.05, 3.63) is 57.7 Å². The molecule has 0 bridgehead atoms. The molecule has 0 aliphatic heterocycles. The first-order chi connectivity index (χ1) is 11.6. The number of hydrogen-bond donors (Lipinski definition) is 1. The second-order valence-electron chi connectivity index (χ2n) is 6.32. The molecule has 1 aromatic heterocycles. The summed E-state index contributed by atoms with van der Waals surface area (Å²) in [7, 11) is 0. The van der Waals surface area contributed by atoms with Gasteiger partial charge in [0.2, 0.25) is 0 Å². The molecule has 3 atom stereocenters. The molecule has 2 aliphatic rings. The molecular weight excluding hydrogens is 366 g/mol. The summed E-state index contributed by atoms with van der Waals surface area (Å²) in [6.07, 6.45) is 9.21. The van der Waals surface area contributed by atoms with Crippen LogP contribution in [0.4, 0.5) is 10.6 Å². The maximum atomic E-state index is 12.1. The first kappa shape index (κ1) is 15.2. The van der Waals surface area contributed by atoms with Crippen LogP contribution in [0, 0.1) is 18.3 Å². The van der Waals surface area contributed by atoms with Gasteiger partial charge in [-0.25, -0.2) is 9.78 Å². The minimum atomic E-state index is -0.453. The summed E-state index contributed by atoms with van der Waals surface area (Å²) >= 11 is 3.37. The Hall–Kier alpha value is -2.32. The van der Waals surface area contributed by atoms with Crippen molar-refractivity contribution in [3.63, 3.8) is 0 Å². The molecule has 4 nitrogen and oxygen atoms in total. The van der Waals surface area contributed by atoms with Gasteiger partial charge in [0.05, 0.1) is 6.04 Å². The average Bonchev–Trinajstić information content (AvgIpc) is 3.30. The number of terminal acetylenes is 1. The van der Waals surface area contributed by atoms with Crippen molar-refractivity contribution in [2.45, 2.75) is 24.8 Å². The quantitative estimate of drug-likeness (QED) is 0.809. The van der Waals surface area contributed by atoms with Gasteiger partial charge in [-0.2, -0.15) is 0 Å². The van der Waals surface area contributed by atoms with Crippen molar-refractivity contribution < 1.29 is 4.79 Å². The van der Waals surface area contributed by atoms with E-state index in [2.05, 4.69) is 39.0 Å². The zero-order valence-corrected chi connectivity index (χ0v) is 14.5. The monoisotopic (exact) mass is 381 g/mol. The van der Waals surface area contributed by atoms with E-state index in [-0.39, 0.29) is 6.04 Å². The third-order valence-electron chi connectivity index (χ3n) is 5.04. The number of anilines is 1. The van der Waals surface area contributed by atoms with E-state index in [0.717, 1.165) is 22.9 Å². The van der Waals surface area contributed by atoms with E-state index in [4.69, 9.17) is 12.2 Å². The molecule has 1 saturated carbocycles. The number of urea groups is 1. The molecule has 4 rings (SSSR count). The second kappa shape index (κ2) is 5.64. The van der Waals surface area contributed by atoms with Gasteiger partial charge < -0.3 is 5.73 Å². The van der Waals surface area contributed by atoms with Gasteiger partial charge in [-0.3, -0.25) is 4.90 Å². The third kappa shape index (κ3) is 2.38. The van der Waals surface area contributed by atoms with Crippen LogP contribution in [0.25, 0.3) is 0 Å². The maximum absolute atomic E-state index is 12.1. The van der Waals surface area contributed by atoms with Gasteiger partial charge in [0, 0.05) is 22.2 Å². The highest BCUT2D eigenvalue weighted by Gasteiger charge is 2.57. The van der Waals surface area contributed by atoms with Gasteiger partial charge in [0.25, 0.3) is 0 Å². The second-order valence-corrected chi connectivity index (χ2v) is 7.24. The lowest BCUT2D eigenvalue weighted by Gasteiger charge is -2.20. The minimum Gasteiger partial charge on any atom is -0.351 e. The fourth-order valence-corrected chi connectivity index (χ4v) is 4.19. The molecule has 1 fully saturated rings. The van der Waals surface area contributed by atoms with E-state index in [9.17, 15) is 4.79 Å². The zero-order chi connectivity index (χ0) is 16.8. The van der Waals surface area contributed by atoms with Gasteiger partial charge in [0.15, 0.2) is 0 Å². The molecule has 0 saturated heterocycles. The SMILES string of the molecule is C#Cc1ccc2c(c1)CCC1C2C1N(C(N)=O)c1ccc(Br)cn1. The average molecular weight is 382 g/mol. The van der Waals surface area contributed by atoms with Crippen LogP contribution in [-0.4, -0.2) is 17.1 Å². The highest BCUT2D eigenvalue weighted by molar-refractivity contribution is 9.10. The maximum Gasteiger partial charge on any atom is 0.320 e. The number of carbonyl (C=O) groups excluding carboxylic acids is 1. The van der Waals surface area contributed by atoms with Crippen LogP contribution < -0.4 is 10.6 Å². The fourth-order valence-electron chi connectivity index (χ4n) is 3.96. The molecule has 0 radical (unpaired) electrons. The Labute approximate surface area is 149 Å². The summed E-state index contributed by atoms with van der Waals surface area (Å²) < 4.78 is 0.871. The smallest absolute Gasteiger partial charge is 0.320 e. The highest BCUT2D eigenvalue weighted by Crippen LogP contribution is 2.57. The molecule has 2 aromatic rings. The predicted octanol–water partition coefficient (Wildman–Crippen LogP) is 3.44. The summed E-state index contributed by atoms with van der Waals surface area (Å²) in [5.74, 6) is 4.05. The lowest BCUT2D eigenvalue weighted by atomic mass is 9.90. The molecule has 120 valence electrons. The predicted molar refractivity (Wildman–Crippen MR) is 96.7 cm³/mol. The Morgan fingerprint density at radius 2 is 2.21 bits per heavy atom. The molecule has 1 heterocycles. The van der Waals surface area contributed by atoms with E-state index in [1.54, 1.807) is 11.1 Å². The van der Waals surface area contributed by atoms with Crippen LogP contribution in [0.15, 0.2) is 41.0 Å². The topological polar surface area (TPSA) is 59.2 Å². The first-order valence-corrected chi connectivity index (χ1v) is 8.69. The number of aromatic nitrogens is 1. The number of benzene rings is 1. The van der Waals surface area contributed by atoms with Crippen molar-refractivity contribution in [2.75, 3.05) is 4.90 Å². The van der Waals surface area contributed by atoms with E-state index >= 15 is 0 Å². The van der Waals surface area contributed by atoms with Gasteiger partial charge in [-0.15, -0.1) is 6.42 Å². The Balaban J connectivity index is 1.68. The summed E-state index contributed by atoms with van der Waals surface area (Å²) in [6, 6.07) is 9.49. The number of halogens is 1. The number of carbonyl (C=O) groups is 1. The molecule has 2 amide bonds. The fraction of sp³-hybridized carbons (Fsp3) is 0.263. The van der Waals surface area contributed by atoms with Crippen molar-refractivity contribution in [1.29, 1.82) is 0 Å². The zero-order valence-electron chi connectivity index (χ0n) is 12.9. The molecule has 0 spiro atoms. The minimum absolute atomic E-state index is 0.0779. The van der Waals surface area contributed by atoms with Gasteiger partial charge in [-0.1, -0.05) is 12.0 Å². The number of nitrogens with two attached hydrogens (primary N) is 1. The number of aryl methyl sites for hydroxylation is 1. The van der Waals surface area contributed by atoms with Crippen LogP contribution in [0.5, 0.6) is 0 Å². The Bertz CT molecular complexity index is 856. The summed E-state index contributed by atoms with van der Waals surface area (Å²) in [4.78, 5) is 18.1. The Kier molecular flexibility index (Phi) is 3.58. The van der Waals surface area contributed by atoms with Gasteiger partial charge in [-0.05, 0) is 70.1 Å². The lowest BCUT2D eigenvalue weighted by Crippen LogP contribution is -2.39. The van der Waals surface area contributed by atoms with Crippen LogP contribution in [-0.2, 0) is 6.42 Å². The number of amides is 2. The normalized spacial score (nSPS) is 23.6. The molecule has 1 aromatic carbocycles. The largest absolute Gasteiger partial charge is 0.351 e. The van der Waals surface area contributed by atoms with Crippen molar-refractivity contribution >= 4 is 27.8 Å².